The number of carbonyl (C=O) groups is 1. The summed E-state index contributed by atoms with van der Waals surface area (Å²) in [5, 5.41) is 6.41. The molecule has 2 aromatic rings. The SMILES string of the molecule is CCNC(=NCCC(=O)N(C)Cc1ccccc1)N(C)Cc1csc(C)n1.I. The minimum atomic E-state index is 0. The minimum Gasteiger partial charge on any atom is -0.357 e. The lowest BCUT2D eigenvalue weighted by Gasteiger charge is -2.21. The highest BCUT2D eigenvalue weighted by Crippen LogP contribution is 2.10. The molecule has 1 amide bonds. The average molecular weight is 515 g/mol. The number of halogens is 1. The molecule has 0 radical (unpaired) electrons. The van der Waals surface area contributed by atoms with Crippen LogP contribution < -0.4 is 5.32 Å². The topological polar surface area (TPSA) is 60.8 Å². The van der Waals surface area contributed by atoms with Gasteiger partial charge >= 0.3 is 0 Å². The number of nitrogens with zero attached hydrogens (tertiary/aromatic N) is 4. The van der Waals surface area contributed by atoms with Crippen molar-refractivity contribution in [1.29, 1.82) is 0 Å². The van der Waals surface area contributed by atoms with E-state index in [0.717, 1.165) is 28.8 Å². The van der Waals surface area contributed by atoms with E-state index in [1.165, 1.54) is 0 Å². The molecule has 1 aromatic heterocycles. The summed E-state index contributed by atoms with van der Waals surface area (Å²) in [5.74, 6) is 0.887. The molecule has 0 saturated heterocycles. The molecule has 0 aliphatic rings. The second kappa shape index (κ2) is 12.7. The molecule has 0 aliphatic carbocycles. The lowest BCUT2D eigenvalue weighted by atomic mass is 10.2. The number of guanidine groups is 1. The highest BCUT2D eigenvalue weighted by molar-refractivity contribution is 14.0. The molecule has 154 valence electrons. The molecule has 0 atom stereocenters. The molecule has 0 aliphatic heterocycles. The molecule has 8 heteroatoms. The van der Waals surface area contributed by atoms with E-state index >= 15 is 0 Å². The predicted octanol–water partition coefficient (Wildman–Crippen LogP) is 3.52. The molecular formula is C20H30IN5OS. The van der Waals surface area contributed by atoms with Gasteiger partial charge in [-0.2, -0.15) is 0 Å². The monoisotopic (exact) mass is 515 g/mol. The number of thiazole rings is 1. The first kappa shape index (κ1) is 24.4. The Morgan fingerprint density at radius 3 is 2.50 bits per heavy atom. The van der Waals surface area contributed by atoms with Gasteiger partial charge in [-0.3, -0.25) is 9.79 Å². The molecule has 0 unspecified atom stereocenters. The molecule has 6 nitrogen and oxygen atoms in total. The lowest BCUT2D eigenvalue weighted by Crippen LogP contribution is -2.38. The van der Waals surface area contributed by atoms with E-state index in [2.05, 4.69) is 20.7 Å². The maximum Gasteiger partial charge on any atom is 0.224 e. The Kier molecular flexibility index (Phi) is 11.1. The van der Waals surface area contributed by atoms with Crippen molar-refractivity contribution < 1.29 is 4.79 Å². The Morgan fingerprint density at radius 1 is 1.18 bits per heavy atom. The van der Waals surface area contributed by atoms with Crippen molar-refractivity contribution >= 4 is 47.2 Å². The van der Waals surface area contributed by atoms with Crippen molar-refractivity contribution in [3.05, 3.63) is 52.0 Å². The summed E-state index contributed by atoms with van der Waals surface area (Å²) in [4.78, 5) is 25.3. The van der Waals surface area contributed by atoms with Crippen LogP contribution in [0.25, 0.3) is 0 Å². The van der Waals surface area contributed by atoms with Crippen molar-refractivity contribution in [2.45, 2.75) is 33.4 Å². The van der Waals surface area contributed by atoms with Crippen LogP contribution in [0.1, 0.15) is 29.6 Å². The van der Waals surface area contributed by atoms with E-state index in [0.29, 0.717) is 26.1 Å². The third kappa shape index (κ3) is 8.14. The van der Waals surface area contributed by atoms with Crippen LogP contribution in [-0.4, -0.2) is 53.8 Å². The Labute approximate surface area is 189 Å². The molecule has 0 spiro atoms. The number of carbonyl (C=O) groups excluding carboxylic acids is 1. The van der Waals surface area contributed by atoms with Crippen LogP contribution in [0.2, 0.25) is 0 Å². The number of hydrogen-bond donors (Lipinski definition) is 1. The Hall–Kier alpha value is -1.68. The average Bonchev–Trinajstić information content (AvgIpc) is 3.06. The molecule has 2 rings (SSSR count). The van der Waals surface area contributed by atoms with Crippen LogP contribution in [0.15, 0.2) is 40.7 Å². The van der Waals surface area contributed by atoms with E-state index in [4.69, 9.17) is 0 Å². The van der Waals surface area contributed by atoms with Crippen LogP contribution in [0.5, 0.6) is 0 Å². The minimum absolute atomic E-state index is 0. The van der Waals surface area contributed by atoms with Crippen molar-refractivity contribution in [3.8, 4) is 0 Å². The number of aliphatic imine (C=N–C) groups is 1. The number of hydrogen-bond acceptors (Lipinski definition) is 4. The maximum absolute atomic E-state index is 12.4. The molecular weight excluding hydrogens is 485 g/mol. The number of amides is 1. The first-order chi connectivity index (χ1) is 13.0. The van der Waals surface area contributed by atoms with Gasteiger partial charge in [-0.15, -0.1) is 35.3 Å². The lowest BCUT2D eigenvalue weighted by molar-refractivity contribution is -0.130. The van der Waals surface area contributed by atoms with Gasteiger partial charge in [0, 0.05) is 39.0 Å². The highest BCUT2D eigenvalue weighted by Gasteiger charge is 2.11. The standard InChI is InChI=1S/C20H29N5OS.HI/c1-5-21-20(25(4)14-18-15-27-16(2)23-18)22-12-11-19(26)24(3)13-17-9-7-6-8-10-17;/h6-10,15H,5,11-14H2,1-4H3,(H,21,22);1H. The largest absolute Gasteiger partial charge is 0.357 e. The Bertz CT molecular complexity index is 750. The molecule has 1 N–H and O–H groups in total. The van der Waals surface area contributed by atoms with E-state index in [1.807, 2.05) is 63.2 Å². The molecule has 1 aromatic carbocycles. The number of aryl methyl sites for hydroxylation is 1. The van der Waals surface area contributed by atoms with E-state index < -0.39 is 0 Å². The highest BCUT2D eigenvalue weighted by atomic mass is 127. The first-order valence-corrected chi connectivity index (χ1v) is 10.1. The number of aromatic nitrogens is 1. The van der Waals surface area contributed by atoms with Gasteiger partial charge in [-0.05, 0) is 19.4 Å². The quantitative estimate of drug-likeness (QED) is 0.332. The normalized spacial score (nSPS) is 10.9. The molecule has 1 heterocycles. The van der Waals surface area contributed by atoms with E-state index in [1.54, 1.807) is 16.2 Å². The van der Waals surface area contributed by atoms with Gasteiger partial charge in [0.2, 0.25) is 5.91 Å². The van der Waals surface area contributed by atoms with Gasteiger partial charge in [0.15, 0.2) is 5.96 Å². The second-order valence-electron chi connectivity index (χ2n) is 6.43. The number of nitrogens with one attached hydrogen (secondary N) is 1. The zero-order chi connectivity index (χ0) is 19.6. The molecule has 0 bridgehead atoms. The van der Waals surface area contributed by atoms with Crippen molar-refractivity contribution in [3.63, 3.8) is 0 Å². The van der Waals surface area contributed by atoms with E-state index in [-0.39, 0.29) is 29.9 Å². The van der Waals surface area contributed by atoms with Gasteiger partial charge in [-0.1, -0.05) is 30.3 Å². The Morgan fingerprint density at radius 2 is 1.89 bits per heavy atom. The van der Waals surface area contributed by atoms with Crippen LogP contribution in [0.3, 0.4) is 0 Å². The summed E-state index contributed by atoms with van der Waals surface area (Å²) in [6, 6.07) is 10.0. The number of rotatable bonds is 8. The van der Waals surface area contributed by atoms with Gasteiger partial charge in [0.25, 0.3) is 0 Å². The van der Waals surface area contributed by atoms with Gasteiger partial charge in [0.1, 0.15) is 0 Å². The fourth-order valence-corrected chi connectivity index (χ4v) is 3.27. The molecule has 0 saturated carbocycles. The van der Waals surface area contributed by atoms with Gasteiger partial charge in [0.05, 0.1) is 23.8 Å². The fraction of sp³-hybridized carbons (Fsp3) is 0.450. The third-order valence-electron chi connectivity index (χ3n) is 4.04. The van der Waals surface area contributed by atoms with Crippen LogP contribution >= 0.6 is 35.3 Å². The number of benzene rings is 1. The zero-order valence-electron chi connectivity index (χ0n) is 17.0. The second-order valence-corrected chi connectivity index (χ2v) is 7.50. The van der Waals surface area contributed by atoms with Crippen molar-refractivity contribution in [1.82, 2.24) is 20.1 Å². The first-order valence-electron chi connectivity index (χ1n) is 9.18. The summed E-state index contributed by atoms with van der Waals surface area (Å²) in [7, 11) is 3.82. The van der Waals surface area contributed by atoms with Crippen LogP contribution in [-0.2, 0) is 17.9 Å². The van der Waals surface area contributed by atoms with Crippen LogP contribution in [0, 0.1) is 6.92 Å². The van der Waals surface area contributed by atoms with Crippen molar-refractivity contribution in [2.75, 3.05) is 27.2 Å². The fourth-order valence-electron chi connectivity index (χ4n) is 2.66. The zero-order valence-corrected chi connectivity index (χ0v) is 20.2. The summed E-state index contributed by atoms with van der Waals surface area (Å²) in [6.07, 6.45) is 0.391. The summed E-state index contributed by atoms with van der Waals surface area (Å²) >= 11 is 1.65. The van der Waals surface area contributed by atoms with E-state index in [9.17, 15) is 4.79 Å². The molecule has 0 fully saturated rings. The van der Waals surface area contributed by atoms with Crippen molar-refractivity contribution in [2.24, 2.45) is 4.99 Å². The van der Waals surface area contributed by atoms with Crippen LogP contribution in [0.4, 0.5) is 0 Å². The predicted molar refractivity (Wildman–Crippen MR) is 127 cm³/mol. The Balaban J connectivity index is 0.00000392. The summed E-state index contributed by atoms with van der Waals surface area (Å²) < 4.78 is 0. The smallest absolute Gasteiger partial charge is 0.224 e. The molecule has 28 heavy (non-hydrogen) atoms. The van der Waals surface area contributed by atoms with Gasteiger partial charge < -0.3 is 15.1 Å². The summed E-state index contributed by atoms with van der Waals surface area (Å²) in [6.45, 7) is 6.59. The maximum atomic E-state index is 12.4. The summed E-state index contributed by atoms with van der Waals surface area (Å²) in [5.41, 5.74) is 2.16. The third-order valence-corrected chi connectivity index (χ3v) is 4.86. The van der Waals surface area contributed by atoms with Gasteiger partial charge in [-0.25, -0.2) is 4.98 Å².